The first-order valence-corrected chi connectivity index (χ1v) is 6.59. The maximum atomic E-state index is 13.1. The van der Waals surface area contributed by atoms with Gasteiger partial charge < -0.3 is 14.6 Å². The third-order valence-electron chi connectivity index (χ3n) is 2.85. The Labute approximate surface area is 133 Å². The lowest BCUT2D eigenvalue weighted by atomic mass is 10.0. The Balaban J connectivity index is 2.94. The van der Waals surface area contributed by atoms with E-state index in [0.717, 1.165) is 0 Å². The number of hydrogen-bond acceptors (Lipinski definition) is 4. The average molecular weight is 320 g/mol. The van der Waals surface area contributed by atoms with Crippen LogP contribution in [0.4, 0.5) is 4.39 Å². The standard InChI is InChI=1S/C17H17FO5/c1-4-5-16(11(2)18)23-10-15(19)12-6-7-14(17(20)21)13(8-12)9-22-3/h4-8H,1-2,9-10H2,3H3,(H,20,21)/b16-5+. The Morgan fingerprint density at radius 1 is 1.39 bits per heavy atom. The van der Waals surface area contributed by atoms with E-state index in [4.69, 9.17) is 14.6 Å². The molecule has 0 unspecified atom stereocenters. The normalized spacial score (nSPS) is 11.0. The number of carbonyl (C=O) groups excluding carboxylic acids is 1. The smallest absolute Gasteiger partial charge is 0.336 e. The minimum absolute atomic E-state index is 0.0481. The molecule has 0 heterocycles. The monoisotopic (exact) mass is 320 g/mol. The number of allylic oxidation sites excluding steroid dienone is 3. The molecule has 0 fully saturated rings. The number of methoxy groups -OCH3 is 1. The Morgan fingerprint density at radius 3 is 2.61 bits per heavy atom. The zero-order valence-electron chi connectivity index (χ0n) is 12.7. The number of carboxylic acids is 1. The molecule has 122 valence electrons. The highest BCUT2D eigenvalue weighted by Crippen LogP contribution is 2.16. The van der Waals surface area contributed by atoms with Gasteiger partial charge >= 0.3 is 5.97 Å². The van der Waals surface area contributed by atoms with Crippen LogP contribution in [0.25, 0.3) is 0 Å². The molecule has 0 atom stereocenters. The lowest BCUT2D eigenvalue weighted by molar-refractivity contribution is 0.0690. The number of aromatic carboxylic acids is 1. The van der Waals surface area contributed by atoms with Crippen LogP contribution in [0, 0.1) is 0 Å². The summed E-state index contributed by atoms with van der Waals surface area (Å²) in [6.07, 6.45) is 2.56. The SMILES string of the molecule is C=C/C=C(/OCC(=O)c1ccc(C(=O)O)c(COC)c1)C(=C)F. The van der Waals surface area contributed by atoms with Crippen LogP contribution in [0.1, 0.15) is 26.3 Å². The van der Waals surface area contributed by atoms with Crippen molar-refractivity contribution in [1.82, 2.24) is 0 Å². The first kappa shape index (κ1) is 18.3. The van der Waals surface area contributed by atoms with Crippen LogP contribution in [0.3, 0.4) is 0 Å². The summed E-state index contributed by atoms with van der Waals surface area (Å²) in [4.78, 5) is 23.2. The summed E-state index contributed by atoms with van der Waals surface area (Å²) in [5.41, 5.74) is 0.653. The molecule has 0 aromatic heterocycles. The topological polar surface area (TPSA) is 72.8 Å². The number of ether oxygens (including phenoxy) is 2. The number of carboxylic acid groups (broad SMARTS) is 1. The lowest BCUT2D eigenvalue weighted by Crippen LogP contribution is -2.11. The van der Waals surface area contributed by atoms with Crippen LogP contribution in [0.15, 0.2) is 55.1 Å². The third kappa shape index (κ3) is 5.19. The van der Waals surface area contributed by atoms with Crippen LogP contribution in [-0.4, -0.2) is 30.6 Å². The quantitative estimate of drug-likeness (QED) is 0.429. The molecular weight excluding hydrogens is 303 g/mol. The highest BCUT2D eigenvalue weighted by Gasteiger charge is 2.15. The van der Waals surface area contributed by atoms with Crippen molar-refractivity contribution in [3.8, 4) is 0 Å². The van der Waals surface area contributed by atoms with E-state index in [2.05, 4.69) is 13.2 Å². The van der Waals surface area contributed by atoms with Gasteiger partial charge in [0.2, 0.25) is 0 Å². The summed E-state index contributed by atoms with van der Waals surface area (Å²) in [6, 6.07) is 4.10. The van der Waals surface area contributed by atoms with E-state index in [1.165, 1.54) is 37.5 Å². The van der Waals surface area contributed by atoms with Crippen LogP contribution in [-0.2, 0) is 16.1 Å². The van der Waals surface area contributed by atoms with Crippen molar-refractivity contribution in [2.24, 2.45) is 0 Å². The lowest BCUT2D eigenvalue weighted by Gasteiger charge is -2.10. The number of rotatable bonds is 9. The molecular formula is C17H17FO5. The fourth-order valence-corrected chi connectivity index (χ4v) is 1.80. The van der Waals surface area contributed by atoms with Gasteiger partial charge in [-0.2, -0.15) is 0 Å². The Morgan fingerprint density at radius 2 is 2.09 bits per heavy atom. The molecule has 5 nitrogen and oxygen atoms in total. The van der Waals surface area contributed by atoms with Crippen LogP contribution in [0.5, 0.6) is 0 Å². The molecule has 0 radical (unpaired) electrons. The molecule has 0 aliphatic rings. The van der Waals surface area contributed by atoms with E-state index < -0.39 is 24.2 Å². The van der Waals surface area contributed by atoms with E-state index >= 15 is 0 Å². The van der Waals surface area contributed by atoms with Gasteiger partial charge in [-0.25, -0.2) is 9.18 Å². The highest BCUT2D eigenvalue weighted by atomic mass is 19.1. The molecule has 1 aromatic carbocycles. The summed E-state index contributed by atoms with van der Waals surface area (Å²) >= 11 is 0. The molecule has 23 heavy (non-hydrogen) atoms. The second-order valence-electron chi connectivity index (χ2n) is 4.49. The summed E-state index contributed by atoms with van der Waals surface area (Å²) in [7, 11) is 1.42. The predicted molar refractivity (Wildman–Crippen MR) is 82.9 cm³/mol. The summed E-state index contributed by atoms with van der Waals surface area (Å²) in [5, 5.41) is 9.08. The summed E-state index contributed by atoms with van der Waals surface area (Å²) in [6.45, 7) is 6.13. The number of carbonyl (C=O) groups is 2. The van der Waals surface area contributed by atoms with Crippen molar-refractivity contribution in [3.63, 3.8) is 0 Å². The fraction of sp³-hybridized carbons (Fsp3) is 0.176. The Bertz CT molecular complexity index is 661. The Hall–Kier alpha value is -2.73. The molecule has 1 aromatic rings. The number of Topliss-reactive ketones (excluding diaryl/α,β-unsaturated/α-hetero) is 1. The van der Waals surface area contributed by atoms with Gasteiger partial charge in [0.05, 0.1) is 12.2 Å². The highest BCUT2D eigenvalue weighted by molar-refractivity contribution is 5.99. The van der Waals surface area contributed by atoms with Gasteiger partial charge in [-0.05, 0) is 23.8 Å². The molecule has 0 spiro atoms. The van der Waals surface area contributed by atoms with Gasteiger partial charge in [0.1, 0.15) is 0 Å². The fourth-order valence-electron chi connectivity index (χ4n) is 1.80. The third-order valence-corrected chi connectivity index (χ3v) is 2.85. The maximum Gasteiger partial charge on any atom is 0.336 e. The zero-order chi connectivity index (χ0) is 17.4. The molecule has 0 saturated heterocycles. The summed E-state index contributed by atoms with van der Waals surface area (Å²) in [5.74, 6) is -2.56. The first-order chi connectivity index (χ1) is 10.9. The van der Waals surface area contributed by atoms with Crippen molar-refractivity contribution >= 4 is 11.8 Å². The second-order valence-corrected chi connectivity index (χ2v) is 4.49. The zero-order valence-corrected chi connectivity index (χ0v) is 12.7. The Kier molecular flexibility index (Phi) is 6.89. The molecule has 0 saturated carbocycles. The first-order valence-electron chi connectivity index (χ1n) is 6.59. The summed E-state index contributed by atoms with van der Waals surface area (Å²) < 4.78 is 23.1. The number of benzene rings is 1. The van der Waals surface area contributed by atoms with Crippen molar-refractivity contribution in [1.29, 1.82) is 0 Å². The molecule has 0 aliphatic carbocycles. The van der Waals surface area contributed by atoms with Crippen molar-refractivity contribution < 1.29 is 28.6 Å². The van der Waals surface area contributed by atoms with Gasteiger partial charge in [-0.1, -0.05) is 25.3 Å². The van der Waals surface area contributed by atoms with Gasteiger partial charge in [-0.3, -0.25) is 4.79 Å². The van der Waals surface area contributed by atoms with Gasteiger partial charge in [-0.15, -0.1) is 0 Å². The maximum absolute atomic E-state index is 13.1. The molecule has 0 amide bonds. The molecule has 6 heteroatoms. The van der Waals surface area contributed by atoms with E-state index in [1.54, 1.807) is 0 Å². The van der Waals surface area contributed by atoms with Crippen molar-refractivity contribution in [2.75, 3.05) is 13.7 Å². The van der Waals surface area contributed by atoms with Gasteiger partial charge in [0, 0.05) is 12.7 Å². The van der Waals surface area contributed by atoms with E-state index in [1.807, 2.05) is 0 Å². The molecule has 1 rings (SSSR count). The molecule has 0 aliphatic heterocycles. The van der Waals surface area contributed by atoms with E-state index in [-0.39, 0.29) is 23.5 Å². The minimum atomic E-state index is -1.11. The molecule has 0 bridgehead atoms. The van der Waals surface area contributed by atoms with Gasteiger partial charge in [0.25, 0.3) is 0 Å². The van der Waals surface area contributed by atoms with Crippen LogP contribution < -0.4 is 0 Å². The number of ketones is 1. The largest absolute Gasteiger partial charge is 0.482 e. The molecule has 1 N–H and O–H groups in total. The number of halogens is 1. The second kappa shape index (κ2) is 8.65. The number of hydrogen-bond donors (Lipinski definition) is 1. The van der Waals surface area contributed by atoms with Crippen LogP contribution >= 0.6 is 0 Å². The van der Waals surface area contributed by atoms with E-state index in [0.29, 0.717) is 5.56 Å². The van der Waals surface area contributed by atoms with Gasteiger partial charge in [0.15, 0.2) is 24.0 Å². The van der Waals surface area contributed by atoms with Crippen molar-refractivity contribution in [2.45, 2.75) is 6.61 Å². The average Bonchev–Trinajstić information content (AvgIpc) is 2.50. The van der Waals surface area contributed by atoms with Crippen LogP contribution in [0.2, 0.25) is 0 Å². The minimum Gasteiger partial charge on any atom is -0.482 e. The van der Waals surface area contributed by atoms with E-state index in [9.17, 15) is 14.0 Å². The van der Waals surface area contributed by atoms with Crippen molar-refractivity contribution in [3.05, 3.63) is 71.8 Å². The predicted octanol–water partition coefficient (Wildman–Crippen LogP) is 3.28.